The van der Waals surface area contributed by atoms with E-state index >= 15 is 0 Å². The number of Topliss-reactive ketones (excluding diaryl/α,β-unsaturated/α-hetero) is 1. The largest absolute Gasteiger partial charge is 0.462 e. The molecule has 0 amide bonds. The first-order valence-corrected chi connectivity index (χ1v) is 6.13. The van der Waals surface area contributed by atoms with Crippen molar-refractivity contribution in [1.82, 2.24) is 0 Å². The Bertz CT molecular complexity index is 432. The molecule has 0 aromatic heterocycles. The molecule has 0 aliphatic heterocycles. The Kier molecular flexibility index (Phi) is 5.51. The molecule has 0 aliphatic rings. The summed E-state index contributed by atoms with van der Waals surface area (Å²) in [6.45, 7) is 2.06. The maximum Gasteiger partial charge on any atom is 0.339 e. The molecule has 0 N–H and O–H groups in total. The molecule has 1 aromatic carbocycles. The Morgan fingerprint density at radius 3 is 2.65 bits per heavy atom. The fourth-order valence-electron chi connectivity index (χ4n) is 1.34. The number of hydrogen-bond donors (Lipinski definition) is 1. The number of rotatable bonds is 5. The van der Waals surface area contributed by atoms with Gasteiger partial charge in [-0.25, -0.2) is 4.79 Å². The number of alkyl halides is 1. The van der Waals surface area contributed by atoms with E-state index in [0.717, 1.165) is 5.56 Å². The number of esters is 1. The van der Waals surface area contributed by atoms with Crippen LogP contribution in [0.25, 0.3) is 0 Å². The minimum absolute atomic E-state index is 0.0124. The molecule has 0 unspecified atom stereocenters. The molecule has 0 heterocycles. The molecule has 3 nitrogen and oxygen atoms in total. The zero-order valence-electron chi connectivity index (χ0n) is 9.40. The summed E-state index contributed by atoms with van der Waals surface area (Å²) in [4.78, 5) is 23.2. The predicted octanol–water partition coefficient (Wildman–Crippen LogP) is 2.50. The van der Waals surface area contributed by atoms with E-state index in [1.54, 1.807) is 25.1 Å². The SMILES string of the molecule is CCOC(=O)c1ccc(CC(=O)CCl)cc1S. The lowest BCUT2D eigenvalue weighted by Gasteiger charge is -2.06. The molecule has 0 aliphatic carbocycles. The van der Waals surface area contributed by atoms with E-state index in [2.05, 4.69) is 12.6 Å². The summed E-state index contributed by atoms with van der Waals surface area (Å²) in [5, 5.41) is 0. The number of ether oxygens (including phenoxy) is 1. The number of carbonyl (C=O) groups is 2. The molecule has 0 fully saturated rings. The van der Waals surface area contributed by atoms with Crippen LogP contribution in [-0.2, 0) is 16.0 Å². The van der Waals surface area contributed by atoms with Gasteiger partial charge in [0.05, 0.1) is 18.1 Å². The van der Waals surface area contributed by atoms with Crippen molar-refractivity contribution in [3.05, 3.63) is 29.3 Å². The van der Waals surface area contributed by atoms with Gasteiger partial charge in [0.1, 0.15) is 0 Å². The van der Waals surface area contributed by atoms with Crippen molar-refractivity contribution in [2.75, 3.05) is 12.5 Å². The minimum Gasteiger partial charge on any atom is -0.462 e. The molecular formula is C12H13ClO3S. The summed E-state index contributed by atoms with van der Waals surface area (Å²) in [5.74, 6) is -0.488. The highest BCUT2D eigenvalue weighted by Crippen LogP contribution is 2.17. The van der Waals surface area contributed by atoms with E-state index in [1.165, 1.54) is 0 Å². The predicted molar refractivity (Wildman–Crippen MR) is 69.1 cm³/mol. The number of halogens is 1. The highest BCUT2D eigenvalue weighted by atomic mass is 35.5. The zero-order valence-corrected chi connectivity index (χ0v) is 11.1. The molecule has 92 valence electrons. The van der Waals surface area contributed by atoms with Gasteiger partial charge >= 0.3 is 5.97 Å². The van der Waals surface area contributed by atoms with Gasteiger partial charge < -0.3 is 4.74 Å². The van der Waals surface area contributed by atoms with Gasteiger partial charge in [0.2, 0.25) is 0 Å². The summed E-state index contributed by atoms with van der Waals surface area (Å²) >= 11 is 9.63. The number of carbonyl (C=O) groups excluding carboxylic acids is 2. The third kappa shape index (κ3) is 4.06. The Hall–Kier alpha value is -1.00. The lowest BCUT2D eigenvalue weighted by Crippen LogP contribution is -2.07. The van der Waals surface area contributed by atoms with Crippen LogP contribution in [0.2, 0.25) is 0 Å². The number of hydrogen-bond acceptors (Lipinski definition) is 4. The van der Waals surface area contributed by atoms with Crippen LogP contribution in [0.5, 0.6) is 0 Å². The molecule has 0 saturated heterocycles. The molecule has 0 spiro atoms. The van der Waals surface area contributed by atoms with Crippen molar-refractivity contribution in [3.8, 4) is 0 Å². The average molecular weight is 273 g/mol. The highest BCUT2D eigenvalue weighted by Gasteiger charge is 2.11. The molecule has 17 heavy (non-hydrogen) atoms. The Morgan fingerprint density at radius 1 is 1.41 bits per heavy atom. The first-order valence-electron chi connectivity index (χ1n) is 5.15. The van der Waals surface area contributed by atoms with Gasteiger partial charge in [-0.15, -0.1) is 24.2 Å². The lowest BCUT2D eigenvalue weighted by atomic mass is 10.1. The first-order chi connectivity index (χ1) is 8.08. The standard InChI is InChI=1S/C12H13ClO3S/c1-2-16-12(15)10-4-3-8(6-11(10)17)5-9(14)7-13/h3-4,6,17H,2,5,7H2,1H3. The van der Waals surface area contributed by atoms with E-state index in [9.17, 15) is 9.59 Å². The van der Waals surface area contributed by atoms with Gasteiger partial charge in [-0.05, 0) is 24.6 Å². The van der Waals surface area contributed by atoms with Gasteiger partial charge in [0, 0.05) is 11.3 Å². The van der Waals surface area contributed by atoms with Crippen molar-refractivity contribution in [2.24, 2.45) is 0 Å². The molecular weight excluding hydrogens is 260 g/mol. The van der Waals surface area contributed by atoms with Crippen LogP contribution in [0.15, 0.2) is 23.1 Å². The highest BCUT2D eigenvalue weighted by molar-refractivity contribution is 7.80. The summed E-state index contributed by atoms with van der Waals surface area (Å²) in [6.07, 6.45) is 0.250. The Morgan fingerprint density at radius 2 is 2.12 bits per heavy atom. The summed E-state index contributed by atoms with van der Waals surface area (Å²) < 4.78 is 4.88. The lowest BCUT2D eigenvalue weighted by molar-refractivity contribution is -0.116. The van der Waals surface area contributed by atoms with Gasteiger partial charge in [-0.1, -0.05) is 6.07 Å². The van der Waals surface area contributed by atoms with Crippen molar-refractivity contribution < 1.29 is 14.3 Å². The fraction of sp³-hybridized carbons (Fsp3) is 0.333. The van der Waals surface area contributed by atoms with Crippen LogP contribution in [0.1, 0.15) is 22.8 Å². The summed E-state index contributed by atoms with van der Waals surface area (Å²) in [5.41, 5.74) is 1.19. The van der Waals surface area contributed by atoms with E-state index in [4.69, 9.17) is 16.3 Å². The maximum absolute atomic E-state index is 11.5. The molecule has 5 heteroatoms. The number of benzene rings is 1. The minimum atomic E-state index is -0.410. The van der Waals surface area contributed by atoms with Crippen LogP contribution in [0, 0.1) is 0 Å². The van der Waals surface area contributed by atoms with Crippen LogP contribution >= 0.6 is 24.2 Å². The quantitative estimate of drug-likeness (QED) is 0.509. The number of thiol groups is 1. The Labute approximate surface area is 111 Å². The first kappa shape index (κ1) is 14.1. The van der Waals surface area contributed by atoms with Gasteiger partial charge in [0.25, 0.3) is 0 Å². The average Bonchev–Trinajstić information content (AvgIpc) is 2.29. The third-order valence-electron chi connectivity index (χ3n) is 2.11. The van der Waals surface area contributed by atoms with E-state index in [0.29, 0.717) is 17.1 Å². The van der Waals surface area contributed by atoms with Crippen LogP contribution < -0.4 is 0 Å². The second-order valence-corrected chi connectivity index (χ2v) is 4.17. The molecule has 1 aromatic rings. The van der Waals surface area contributed by atoms with E-state index < -0.39 is 5.97 Å². The van der Waals surface area contributed by atoms with Crippen LogP contribution in [0.3, 0.4) is 0 Å². The van der Waals surface area contributed by atoms with E-state index in [-0.39, 0.29) is 18.1 Å². The van der Waals surface area contributed by atoms with E-state index in [1.807, 2.05) is 0 Å². The van der Waals surface area contributed by atoms with Crippen LogP contribution in [0.4, 0.5) is 0 Å². The summed E-state index contributed by atoms with van der Waals surface area (Å²) in [7, 11) is 0. The van der Waals surface area contributed by atoms with Crippen LogP contribution in [-0.4, -0.2) is 24.2 Å². The topological polar surface area (TPSA) is 43.4 Å². The second kappa shape index (κ2) is 6.67. The molecule has 0 bridgehead atoms. The van der Waals surface area contributed by atoms with Gasteiger partial charge in [-0.3, -0.25) is 4.79 Å². The van der Waals surface area contributed by atoms with Gasteiger partial charge in [-0.2, -0.15) is 0 Å². The molecule has 0 atom stereocenters. The second-order valence-electron chi connectivity index (χ2n) is 3.42. The monoisotopic (exact) mass is 272 g/mol. The molecule has 0 saturated carbocycles. The Balaban J connectivity index is 2.86. The molecule has 1 rings (SSSR count). The smallest absolute Gasteiger partial charge is 0.339 e. The maximum atomic E-state index is 11.5. The van der Waals surface area contributed by atoms with Crippen molar-refractivity contribution in [1.29, 1.82) is 0 Å². The summed E-state index contributed by atoms with van der Waals surface area (Å²) in [6, 6.07) is 4.99. The normalized spacial score (nSPS) is 10.1. The van der Waals surface area contributed by atoms with Crippen molar-refractivity contribution in [2.45, 2.75) is 18.2 Å². The third-order valence-corrected chi connectivity index (χ3v) is 2.78. The van der Waals surface area contributed by atoms with Gasteiger partial charge in [0.15, 0.2) is 5.78 Å². The van der Waals surface area contributed by atoms with Crippen molar-refractivity contribution in [3.63, 3.8) is 0 Å². The zero-order chi connectivity index (χ0) is 12.8. The molecule has 0 radical (unpaired) electrons. The fourth-order valence-corrected chi connectivity index (χ4v) is 1.77. The van der Waals surface area contributed by atoms with Crippen molar-refractivity contribution >= 4 is 36.0 Å². The number of ketones is 1.